The Kier molecular flexibility index (Phi) is 4.38. The molecule has 2 N–H and O–H groups in total. The summed E-state index contributed by atoms with van der Waals surface area (Å²) < 4.78 is 0. The zero-order valence-electron chi connectivity index (χ0n) is 10.3. The molecule has 0 spiro atoms. The molecule has 1 fully saturated rings. The minimum atomic E-state index is -0.306. The first-order valence-corrected chi connectivity index (χ1v) is 5.95. The summed E-state index contributed by atoms with van der Waals surface area (Å²) in [5.74, 6) is -0.178. The van der Waals surface area contributed by atoms with Gasteiger partial charge in [0, 0.05) is 18.5 Å². The smallest absolute Gasteiger partial charge is 0.145 e. The number of nitrogens with zero attached hydrogens (tertiary/aromatic N) is 2. The predicted molar refractivity (Wildman–Crippen MR) is 70.2 cm³/mol. The van der Waals surface area contributed by atoms with Crippen LogP contribution in [-0.2, 0) is 4.79 Å². The van der Waals surface area contributed by atoms with E-state index >= 15 is 0 Å². The summed E-state index contributed by atoms with van der Waals surface area (Å²) in [6, 6.07) is 2.01. The predicted octanol–water partition coefficient (Wildman–Crippen LogP) is 0.878. The Morgan fingerprint density at radius 2 is 2.24 bits per heavy atom. The van der Waals surface area contributed by atoms with Crippen molar-refractivity contribution in [2.75, 3.05) is 13.6 Å². The van der Waals surface area contributed by atoms with Gasteiger partial charge in [-0.15, -0.1) is 0 Å². The van der Waals surface area contributed by atoms with Gasteiger partial charge in [-0.05, 0) is 14.0 Å². The molecule has 1 aliphatic rings. The maximum atomic E-state index is 12.1. The first kappa shape index (κ1) is 13.8. The molecule has 92 valence electrons. The highest BCUT2D eigenvalue weighted by Gasteiger charge is 2.35. The molecule has 0 radical (unpaired) electrons. The largest absolute Gasteiger partial charge is 0.389 e. The van der Waals surface area contributed by atoms with Crippen LogP contribution < -0.4 is 5.73 Å². The minimum Gasteiger partial charge on any atom is -0.389 e. The topological polar surface area (TPSA) is 70.1 Å². The lowest BCUT2D eigenvalue weighted by atomic mass is 9.82. The summed E-state index contributed by atoms with van der Waals surface area (Å²) in [5.41, 5.74) is 5.67. The third-order valence-electron chi connectivity index (χ3n) is 3.32. The standard InChI is InChI=1S/C12H17N3OS/c1-7-6-15(3)8(2)10(11(7)16)4-9(5-13)12(14)17/h4,7-8,10H,6H2,1-3H3,(H2,14,17)/b9-4-/t7-,8+,10-/m0/s1. The van der Waals surface area contributed by atoms with Gasteiger partial charge in [0.1, 0.15) is 16.8 Å². The summed E-state index contributed by atoms with van der Waals surface area (Å²) in [7, 11) is 1.97. The number of nitrogens with two attached hydrogens (primary N) is 1. The number of nitriles is 1. The van der Waals surface area contributed by atoms with Gasteiger partial charge in [0.05, 0.1) is 11.5 Å². The Morgan fingerprint density at radius 1 is 1.65 bits per heavy atom. The van der Waals surface area contributed by atoms with E-state index < -0.39 is 0 Å². The summed E-state index contributed by atoms with van der Waals surface area (Å²) in [6.45, 7) is 4.62. The second kappa shape index (κ2) is 5.39. The van der Waals surface area contributed by atoms with Crippen molar-refractivity contribution in [1.29, 1.82) is 5.26 Å². The van der Waals surface area contributed by atoms with Crippen molar-refractivity contribution in [2.24, 2.45) is 17.6 Å². The van der Waals surface area contributed by atoms with E-state index in [-0.39, 0.29) is 34.2 Å². The Morgan fingerprint density at radius 3 is 2.71 bits per heavy atom. The highest BCUT2D eigenvalue weighted by Crippen LogP contribution is 2.25. The van der Waals surface area contributed by atoms with E-state index in [1.807, 2.05) is 27.0 Å². The van der Waals surface area contributed by atoms with Crippen molar-refractivity contribution in [3.05, 3.63) is 11.6 Å². The fraction of sp³-hybridized carbons (Fsp3) is 0.583. The van der Waals surface area contributed by atoms with Gasteiger partial charge in [-0.1, -0.05) is 25.2 Å². The van der Waals surface area contributed by atoms with Crippen LogP contribution in [0.25, 0.3) is 0 Å². The molecular weight excluding hydrogens is 234 g/mol. The lowest BCUT2D eigenvalue weighted by molar-refractivity contribution is -0.130. The molecule has 1 rings (SSSR count). The molecule has 0 aromatic carbocycles. The molecule has 4 nitrogen and oxygen atoms in total. The Balaban J connectivity index is 3.05. The molecule has 0 unspecified atom stereocenters. The van der Waals surface area contributed by atoms with Crippen LogP contribution in [0.5, 0.6) is 0 Å². The van der Waals surface area contributed by atoms with Crippen molar-refractivity contribution in [2.45, 2.75) is 19.9 Å². The molecule has 5 heteroatoms. The lowest BCUT2D eigenvalue weighted by Crippen LogP contribution is -2.49. The number of hydrogen-bond donors (Lipinski definition) is 1. The van der Waals surface area contributed by atoms with Gasteiger partial charge < -0.3 is 10.6 Å². The SMILES string of the molecule is C[C@@H]1[C@H](/C=C(/C#N)C(N)=S)C(=O)[C@@H](C)CN1C. The maximum absolute atomic E-state index is 12.1. The summed E-state index contributed by atoms with van der Waals surface area (Å²) >= 11 is 4.78. The van der Waals surface area contributed by atoms with E-state index in [1.165, 1.54) is 0 Å². The van der Waals surface area contributed by atoms with Gasteiger partial charge in [0.2, 0.25) is 0 Å². The number of piperidine rings is 1. The third-order valence-corrected chi connectivity index (χ3v) is 3.54. The van der Waals surface area contributed by atoms with Gasteiger partial charge in [0.25, 0.3) is 0 Å². The van der Waals surface area contributed by atoms with Gasteiger partial charge in [-0.2, -0.15) is 5.26 Å². The zero-order valence-corrected chi connectivity index (χ0v) is 11.1. The molecule has 1 aliphatic heterocycles. The number of Topliss-reactive ketones (excluding diaryl/α,β-unsaturated/α-hetero) is 1. The quantitative estimate of drug-likeness (QED) is 0.448. The lowest BCUT2D eigenvalue weighted by Gasteiger charge is -2.37. The number of likely N-dealkylation sites (tertiary alicyclic amines) is 1. The van der Waals surface area contributed by atoms with Crippen LogP contribution in [0.2, 0.25) is 0 Å². The average molecular weight is 251 g/mol. The second-order valence-electron chi connectivity index (χ2n) is 4.57. The Hall–Kier alpha value is -1.25. The number of rotatable bonds is 2. The number of carbonyl (C=O) groups excluding carboxylic acids is 1. The first-order chi connectivity index (χ1) is 7.88. The molecule has 1 saturated heterocycles. The molecule has 0 saturated carbocycles. The number of carbonyl (C=O) groups is 1. The molecule has 0 aromatic rings. The molecule has 0 aliphatic carbocycles. The van der Waals surface area contributed by atoms with Gasteiger partial charge >= 0.3 is 0 Å². The Bertz CT molecular complexity index is 410. The second-order valence-corrected chi connectivity index (χ2v) is 5.01. The Labute approximate surface area is 107 Å². The number of thiocarbonyl (C=S) groups is 1. The normalized spacial score (nSPS) is 31.1. The molecule has 0 aromatic heterocycles. The van der Waals surface area contributed by atoms with Crippen LogP contribution in [0.15, 0.2) is 11.6 Å². The maximum Gasteiger partial charge on any atom is 0.145 e. The van der Waals surface area contributed by atoms with Crippen LogP contribution >= 0.6 is 12.2 Å². The molecule has 1 heterocycles. The van der Waals surface area contributed by atoms with Crippen LogP contribution in [-0.4, -0.2) is 35.3 Å². The van der Waals surface area contributed by atoms with E-state index in [2.05, 4.69) is 4.90 Å². The van der Waals surface area contributed by atoms with E-state index in [9.17, 15) is 4.79 Å². The van der Waals surface area contributed by atoms with E-state index in [4.69, 9.17) is 23.2 Å². The molecule has 3 atom stereocenters. The fourth-order valence-electron chi connectivity index (χ4n) is 2.10. The summed E-state index contributed by atoms with van der Waals surface area (Å²) in [5, 5.41) is 8.92. The molecular formula is C12H17N3OS. The zero-order chi connectivity index (χ0) is 13.2. The summed E-state index contributed by atoms with van der Waals surface area (Å²) in [4.78, 5) is 14.3. The van der Waals surface area contributed by atoms with Gasteiger partial charge in [-0.25, -0.2) is 0 Å². The van der Waals surface area contributed by atoms with Crippen LogP contribution in [0.3, 0.4) is 0 Å². The van der Waals surface area contributed by atoms with E-state index in [0.29, 0.717) is 0 Å². The monoisotopic (exact) mass is 251 g/mol. The van der Waals surface area contributed by atoms with E-state index in [1.54, 1.807) is 6.08 Å². The van der Waals surface area contributed by atoms with Crippen molar-refractivity contribution in [1.82, 2.24) is 4.90 Å². The van der Waals surface area contributed by atoms with Crippen molar-refractivity contribution >= 4 is 23.0 Å². The van der Waals surface area contributed by atoms with Gasteiger partial charge in [-0.3, -0.25) is 4.79 Å². The summed E-state index contributed by atoms with van der Waals surface area (Å²) in [6.07, 6.45) is 1.61. The number of hydrogen-bond acceptors (Lipinski definition) is 4. The molecule has 0 bridgehead atoms. The van der Waals surface area contributed by atoms with Crippen LogP contribution in [0.1, 0.15) is 13.8 Å². The van der Waals surface area contributed by atoms with Crippen LogP contribution in [0, 0.1) is 23.2 Å². The first-order valence-electron chi connectivity index (χ1n) is 5.54. The fourth-order valence-corrected chi connectivity index (χ4v) is 2.22. The molecule has 17 heavy (non-hydrogen) atoms. The number of ketones is 1. The highest BCUT2D eigenvalue weighted by molar-refractivity contribution is 7.80. The van der Waals surface area contributed by atoms with Crippen molar-refractivity contribution in [3.63, 3.8) is 0 Å². The third kappa shape index (κ3) is 2.90. The highest BCUT2D eigenvalue weighted by atomic mass is 32.1. The van der Waals surface area contributed by atoms with Gasteiger partial charge in [0.15, 0.2) is 0 Å². The van der Waals surface area contributed by atoms with Crippen molar-refractivity contribution < 1.29 is 4.79 Å². The van der Waals surface area contributed by atoms with Crippen LogP contribution in [0.4, 0.5) is 0 Å². The molecule has 0 amide bonds. The van der Waals surface area contributed by atoms with E-state index in [0.717, 1.165) is 6.54 Å². The van der Waals surface area contributed by atoms with Crippen molar-refractivity contribution in [3.8, 4) is 6.07 Å². The minimum absolute atomic E-state index is 0.0243. The average Bonchev–Trinajstić information content (AvgIpc) is 2.26.